The fourth-order valence-electron chi connectivity index (χ4n) is 4.77. The number of aryl methyl sites for hydroxylation is 1. The second kappa shape index (κ2) is 10.7. The van der Waals surface area contributed by atoms with Crippen LogP contribution in [0.15, 0.2) is 90.1 Å². The van der Waals surface area contributed by atoms with Crippen LogP contribution < -0.4 is 15.8 Å². The molecule has 0 radical (unpaired) electrons. The van der Waals surface area contributed by atoms with Crippen LogP contribution in [-0.4, -0.2) is 41.1 Å². The molecule has 0 bridgehead atoms. The van der Waals surface area contributed by atoms with Crippen molar-refractivity contribution < 1.29 is 4.79 Å². The first kappa shape index (κ1) is 24.3. The van der Waals surface area contributed by atoms with Gasteiger partial charge in [-0.2, -0.15) is 0 Å². The van der Waals surface area contributed by atoms with Crippen molar-refractivity contribution in [3.05, 3.63) is 107 Å². The van der Waals surface area contributed by atoms with E-state index in [4.69, 9.17) is 0 Å². The number of aromatic amines is 1. The van der Waals surface area contributed by atoms with Crippen molar-refractivity contribution in [3.63, 3.8) is 0 Å². The van der Waals surface area contributed by atoms with Crippen LogP contribution in [0.5, 0.6) is 0 Å². The van der Waals surface area contributed by atoms with E-state index in [9.17, 15) is 9.59 Å². The zero-order valence-corrected chi connectivity index (χ0v) is 21.1. The van der Waals surface area contributed by atoms with Crippen molar-refractivity contribution in [2.75, 3.05) is 25.5 Å². The number of benzene rings is 3. The molecular formula is C30H31N5O2. The summed E-state index contributed by atoms with van der Waals surface area (Å²) in [5.74, 6) is -0.0276. The fourth-order valence-corrected chi connectivity index (χ4v) is 4.77. The quantitative estimate of drug-likeness (QED) is 0.313. The third-order valence-electron chi connectivity index (χ3n) is 6.85. The standard InChI is InChI=1S/C30H31N5O2/c1-34(2)22-15-13-21(14-16-22)25(26-19-31-27-10-5-3-8-23(26)27)18-32-29(36)12-7-17-35-20-33-28-11-6-4-9-24(28)30(35)37/h3-6,8-11,13-16,19-20,25,31H,7,12,17-18H2,1-2H3,(H,32,36). The van der Waals surface area contributed by atoms with Gasteiger partial charge < -0.3 is 15.2 Å². The monoisotopic (exact) mass is 493 g/mol. The molecule has 0 saturated carbocycles. The first-order valence-electron chi connectivity index (χ1n) is 12.6. The Morgan fingerprint density at radius 3 is 2.51 bits per heavy atom. The van der Waals surface area contributed by atoms with E-state index < -0.39 is 0 Å². The van der Waals surface area contributed by atoms with Crippen molar-refractivity contribution >= 4 is 33.4 Å². The number of nitrogens with zero attached hydrogens (tertiary/aromatic N) is 3. The first-order valence-corrected chi connectivity index (χ1v) is 12.6. The average Bonchev–Trinajstić information content (AvgIpc) is 3.34. The van der Waals surface area contributed by atoms with Crippen molar-refractivity contribution in [1.82, 2.24) is 19.9 Å². The average molecular weight is 494 g/mol. The van der Waals surface area contributed by atoms with Gasteiger partial charge in [0.25, 0.3) is 5.56 Å². The minimum absolute atomic E-state index is 0.00335. The molecule has 7 nitrogen and oxygen atoms in total. The molecule has 1 atom stereocenters. The molecule has 0 aliphatic rings. The zero-order valence-electron chi connectivity index (χ0n) is 21.1. The van der Waals surface area contributed by atoms with Crippen LogP contribution in [0, 0.1) is 0 Å². The van der Waals surface area contributed by atoms with Gasteiger partial charge in [0.05, 0.1) is 17.2 Å². The Labute approximate surface area is 215 Å². The summed E-state index contributed by atoms with van der Waals surface area (Å²) in [7, 11) is 4.04. The van der Waals surface area contributed by atoms with Crippen molar-refractivity contribution in [2.45, 2.75) is 25.3 Å². The Morgan fingerprint density at radius 2 is 1.73 bits per heavy atom. The number of hydrogen-bond acceptors (Lipinski definition) is 4. The van der Waals surface area contributed by atoms with Gasteiger partial charge in [-0.15, -0.1) is 0 Å². The minimum atomic E-state index is -0.0772. The lowest BCUT2D eigenvalue weighted by Crippen LogP contribution is -2.29. The maximum atomic E-state index is 12.8. The summed E-state index contributed by atoms with van der Waals surface area (Å²) in [5, 5.41) is 4.88. The molecule has 188 valence electrons. The van der Waals surface area contributed by atoms with Gasteiger partial charge in [0.2, 0.25) is 5.91 Å². The number of aromatic nitrogens is 3. The minimum Gasteiger partial charge on any atom is -0.378 e. The van der Waals surface area contributed by atoms with Gasteiger partial charge in [-0.3, -0.25) is 14.2 Å². The Hall–Kier alpha value is -4.39. The van der Waals surface area contributed by atoms with Crippen LogP contribution in [0.2, 0.25) is 0 Å². The van der Waals surface area contributed by atoms with E-state index >= 15 is 0 Å². The van der Waals surface area contributed by atoms with Gasteiger partial charge in [-0.25, -0.2) is 4.98 Å². The highest BCUT2D eigenvalue weighted by Crippen LogP contribution is 2.31. The summed E-state index contributed by atoms with van der Waals surface area (Å²) in [6, 6.07) is 24.0. The molecule has 5 rings (SSSR count). The van der Waals surface area contributed by atoms with Gasteiger partial charge in [0, 0.05) is 62.3 Å². The molecule has 0 aliphatic carbocycles. The predicted octanol–water partition coefficient (Wildman–Crippen LogP) is 4.67. The van der Waals surface area contributed by atoms with Crippen molar-refractivity contribution in [1.29, 1.82) is 0 Å². The Kier molecular flexibility index (Phi) is 7.03. The lowest BCUT2D eigenvalue weighted by atomic mass is 9.90. The summed E-state index contributed by atoms with van der Waals surface area (Å²) in [4.78, 5) is 35.3. The number of para-hydroxylation sites is 2. The van der Waals surface area contributed by atoms with Crippen LogP contribution in [0.3, 0.4) is 0 Å². The zero-order chi connectivity index (χ0) is 25.8. The van der Waals surface area contributed by atoms with Gasteiger partial charge in [0.1, 0.15) is 0 Å². The highest BCUT2D eigenvalue weighted by molar-refractivity contribution is 5.84. The van der Waals surface area contributed by atoms with Gasteiger partial charge >= 0.3 is 0 Å². The lowest BCUT2D eigenvalue weighted by molar-refractivity contribution is -0.121. The molecule has 3 aromatic carbocycles. The number of rotatable bonds is 9. The van der Waals surface area contributed by atoms with Crippen molar-refractivity contribution in [2.24, 2.45) is 0 Å². The molecule has 2 N–H and O–H groups in total. The van der Waals surface area contributed by atoms with E-state index in [0.29, 0.717) is 36.8 Å². The number of amides is 1. The predicted molar refractivity (Wildman–Crippen MR) is 149 cm³/mol. The number of H-pyrrole nitrogens is 1. The van der Waals surface area contributed by atoms with Crippen LogP contribution in [0.4, 0.5) is 5.69 Å². The topological polar surface area (TPSA) is 83.0 Å². The number of fused-ring (bicyclic) bond motifs is 2. The highest BCUT2D eigenvalue weighted by Gasteiger charge is 2.19. The van der Waals surface area contributed by atoms with E-state index in [0.717, 1.165) is 27.7 Å². The maximum absolute atomic E-state index is 12.8. The second-order valence-electron chi connectivity index (χ2n) is 9.50. The number of carbonyl (C=O) groups is 1. The summed E-state index contributed by atoms with van der Waals surface area (Å²) < 4.78 is 1.58. The molecule has 2 aromatic heterocycles. The molecule has 0 aliphatic heterocycles. The third kappa shape index (κ3) is 5.26. The smallest absolute Gasteiger partial charge is 0.261 e. The summed E-state index contributed by atoms with van der Waals surface area (Å²) in [6.45, 7) is 0.932. The van der Waals surface area contributed by atoms with E-state index in [1.54, 1.807) is 17.0 Å². The molecule has 2 heterocycles. The van der Waals surface area contributed by atoms with E-state index in [-0.39, 0.29) is 17.4 Å². The van der Waals surface area contributed by atoms with Gasteiger partial charge in [-0.05, 0) is 47.9 Å². The largest absolute Gasteiger partial charge is 0.378 e. The van der Waals surface area contributed by atoms with Crippen LogP contribution >= 0.6 is 0 Å². The molecule has 1 amide bonds. The molecule has 0 fully saturated rings. The molecule has 7 heteroatoms. The first-order chi connectivity index (χ1) is 18.0. The molecule has 0 saturated heterocycles. The highest BCUT2D eigenvalue weighted by atomic mass is 16.1. The van der Waals surface area contributed by atoms with Crippen LogP contribution in [0.25, 0.3) is 21.8 Å². The summed E-state index contributed by atoms with van der Waals surface area (Å²) >= 11 is 0. The molecule has 1 unspecified atom stereocenters. The van der Waals surface area contributed by atoms with Crippen LogP contribution in [-0.2, 0) is 11.3 Å². The summed E-state index contributed by atoms with van der Waals surface area (Å²) in [6.07, 6.45) is 4.49. The SMILES string of the molecule is CN(C)c1ccc(C(CNC(=O)CCCn2cnc3ccccc3c2=O)c2c[nH]c3ccccc23)cc1. The van der Waals surface area contributed by atoms with Crippen molar-refractivity contribution in [3.8, 4) is 0 Å². The molecule has 37 heavy (non-hydrogen) atoms. The van der Waals surface area contributed by atoms with E-state index in [1.807, 2.05) is 50.6 Å². The fraction of sp³-hybridized carbons (Fsp3) is 0.233. The molecular weight excluding hydrogens is 462 g/mol. The summed E-state index contributed by atoms with van der Waals surface area (Å²) in [5.41, 5.74) is 5.11. The van der Waals surface area contributed by atoms with Crippen LogP contribution in [0.1, 0.15) is 29.9 Å². The molecule has 0 spiro atoms. The Morgan fingerprint density at radius 1 is 1.00 bits per heavy atom. The Balaban J connectivity index is 1.27. The van der Waals surface area contributed by atoms with Gasteiger partial charge in [0.15, 0.2) is 0 Å². The third-order valence-corrected chi connectivity index (χ3v) is 6.85. The number of carbonyl (C=O) groups excluding carboxylic acids is 1. The van der Waals surface area contributed by atoms with Gasteiger partial charge in [-0.1, -0.05) is 42.5 Å². The van der Waals surface area contributed by atoms with E-state index in [1.165, 1.54) is 0 Å². The number of nitrogens with one attached hydrogen (secondary N) is 2. The Bertz CT molecular complexity index is 1580. The number of anilines is 1. The number of hydrogen-bond donors (Lipinski definition) is 2. The van der Waals surface area contributed by atoms with E-state index in [2.05, 4.69) is 56.6 Å². The molecule has 5 aromatic rings. The maximum Gasteiger partial charge on any atom is 0.261 e. The normalized spacial score (nSPS) is 12.1. The lowest BCUT2D eigenvalue weighted by Gasteiger charge is -2.20. The second-order valence-corrected chi connectivity index (χ2v) is 9.50.